The lowest BCUT2D eigenvalue weighted by molar-refractivity contribution is -0.212. The minimum atomic E-state index is -1.02. The summed E-state index contributed by atoms with van der Waals surface area (Å²) in [7, 11) is 0. The van der Waals surface area contributed by atoms with Gasteiger partial charge in [-0.15, -0.1) is 0 Å². The topological polar surface area (TPSA) is 82.0 Å². The van der Waals surface area contributed by atoms with E-state index >= 15 is 0 Å². The van der Waals surface area contributed by atoms with Crippen LogP contribution >= 0.6 is 0 Å². The van der Waals surface area contributed by atoms with Gasteiger partial charge in [0.25, 0.3) is 0 Å². The van der Waals surface area contributed by atoms with Gasteiger partial charge in [0, 0.05) is 0 Å². The number of aliphatic hydroxyl groups is 3. The molecular formula is C9H17NO4. The molecule has 1 aliphatic heterocycles. The molecule has 1 saturated carbocycles. The van der Waals surface area contributed by atoms with Crippen molar-refractivity contribution in [1.29, 1.82) is 0 Å². The minimum absolute atomic E-state index is 0.00998. The molecule has 0 bridgehead atoms. The summed E-state index contributed by atoms with van der Waals surface area (Å²) in [6.07, 6.45) is -0.468. The fraction of sp³-hybridized carbons (Fsp3) is 1.00. The number of nitrogens with one attached hydrogen (secondary N) is 1. The highest BCUT2D eigenvalue weighted by atomic mass is 16.6. The number of aliphatic hydroxyl groups excluding tert-OH is 3. The van der Waals surface area contributed by atoms with Crippen molar-refractivity contribution in [2.24, 2.45) is 5.92 Å². The largest absolute Gasteiger partial charge is 0.388 e. The smallest absolute Gasteiger partial charge is 0.172 e. The van der Waals surface area contributed by atoms with Gasteiger partial charge in [0.15, 0.2) is 6.29 Å². The van der Waals surface area contributed by atoms with Gasteiger partial charge in [0.1, 0.15) is 12.2 Å². The van der Waals surface area contributed by atoms with Gasteiger partial charge in [-0.1, -0.05) is 0 Å². The molecule has 0 unspecified atom stereocenters. The third-order valence-electron chi connectivity index (χ3n) is 2.85. The van der Waals surface area contributed by atoms with E-state index in [-0.39, 0.29) is 6.61 Å². The Kier molecular flexibility index (Phi) is 3.04. The Bertz CT molecular complexity index is 197. The summed E-state index contributed by atoms with van der Waals surface area (Å²) < 4.78 is 4.91. The molecule has 82 valence electrons. The molecule has 1 saturated heterocycles. The molecule has 0 spiro atoms. The van der Waals surface area contributed by atoms with Crippen LogP contribution in [-0.2, 0) is 4.74 Å². The highest BCUT2D eigenvalue weighted by Gasteiger charge is 2.38. The van der Waals surface area contributed by atoms with Crippen molar-refractivity contribution in [2.75, 3.05) is 13.2 Å². The van der Waals surface area contributed by atoms with Crippen molar-refractivity contribution in [3.8, 4) is 0 Å². The highest BCUT2D eigenvalue weighted by Crippen LogP contribution is 2.28. The first-order valence-electron chi connectivity index (χ1n) is 5.07. The normalized spacial score (nSPS) is 43.9. The van der Waals surface area contributed by atoms with Crippen LogP contribution in [0, 0.1) is 5.92 Å². The molecule has 5 heteroatoms. The summed E-state index contributed by atoms with van der Waals surface area (Å²) in [4.78, 5) is 0. The molecule has 2 rings (SSSR count). The minimum Gasteiger partial charge on any atom is -0.388 e. The lowest BCUT2D eigenvalue weighted by Gasteiger charge is -2.36. The second-order valence-corrected chi connectivity index (χ2v) is 4.16. The zero-order valence-electron chi connectivity index (χ0n) is 7.97. The van der Waals surface area contributed by atoms with Gasteiger partial charge in [0.2, 0.25) is 0 Å². The zero-order valence-corrected chi connectivity index (χ0v) is 7.97. The van der Waals surface area contributed by atoms with E-state index < -0.39 is 24.5 Å². The van der Waals surface area contributed by atoms with Crippen LogP contribution in [0.2, 0.25) is 0 Å². The first kappa shape index (κ1) is 10.3. The Morgan fingerprint density at radius 3 is 2.57 bits per heavy atom. The van der Waals surface area contributed by atoms with E-state index in [0.29, 0.717) is 5.92 Å². The molecule has 0 aromatic rings. The zero-order chi connectivity index (χ0) is 10.1. The number of ether oxygens (including phenoxy) is 1. The summed E-state index contributed by atoms with van der Waals surface area (Å²) in [5.41, 5.74) is 0. The Balaban J connectivity index is 1.84. The Labute approximate surface area is 82.7 Å². The maximum Gasteiger partial charge on any atom is 0.172 e. The van der Waals surface area contributed by atoms with E-state index in [1.165, 1.54) is 12.8 Å². The molecule has 0 aromatic carbocycles. The second kappa shape index (κ2) is 4.12. The van der Waals surface area contributed by atoms with Gasteiger partial charge in [-0.25, -0.2) is 0 Å². The first-order valence-corrected chi connectivity index (χ1v) is 5.07. The first-order chi connectivity index (χ1) is 6.68. The lowest BCUT2D eigenvalue weighted by Crippen LogP contribution is -2.59. The van der Waals surface area contributed by atoms with Crippen LogP contribution in [0.4, 0.5) is 0 Å². The van der Waals surface area contributed by atoms with Crippen molar-refractivity contribution in [1.82, 2.24) is 5.32 Å². The van der Waals surface area contributed by atoms with Gasteiger partial charge >= 0.3 is 0 Å². The van der Waals surface area contributed by atoms with E-state index in [2.05, 4.69) is 5.32 Å². The van der Waals surface area contributed by atoms with Gasteiger partial charge in [-0.3, -0.25) is 0 Å². The Morgan fingerprint density at radius 1 is 1.21 bits per heavy atom. The van der Waals surface area contributed by atoms with Crippen molar-refractivity contribution < 1.29 is 20.1 Å². The van der Waals surface area contributed by atoms with E-state index in [1.54, 1.807) is 0 Å². The van der Waals surface area contributed by atoms with Crippen molar-refractivity contribution in [3.63, 3.8) is 0 Å². The van der Waals surface area contributed by atoms with Crippen molar-refractivity contribution in [2.45, 2.75) is 37.4 Å². The fourth-order valence-corrected chi connectivity index (χ4v) is 1.65. The number of hydrogen-bond donors (Lipinski definition) is 4. The van der Waals surface area contributed by atoms with Gasteiger partial charge in [-0.2, -0.15) is 0 Å². The molecular weight excluding hydrogens is 186 g/mol. The van der Waals surface area contributed by atoms with E-state index in [1.807, 2.05) is 0 Å². The molecule has 1 heterocycles. The van der Waals surface area contributed by atoms with Crippen LogP contribution in [0.1, 0.15) is 12.8 Å². The van der Waals surface area contributed by atoms with Crippen LogP contribution in [0.3, 0.4) is 0 Å². The monoisotopic (exact) mass is 203 g/mol. The average molecular weight is 203 g/mol. The lowest BCUT2D eigenvalue weighted by atomic mass is 10.0. The van der Waals surface area contributed by atoms with Crippen LogP contribution in [0.5, 0.6) is 0 Å². The van der Waals surface area contributed by atoms with Gasteiger partial charge < -0.3 is 25.4 Å². The molecule has 4 atom stereocenters. The third kappa shape index (κ3) is 2.24. The van der Waals surface area contributed by atoms with Gasteiger partial charge in [-0.05, 0) is 25.3 Å². The molecule has 1 aliphatic carbocycles. The Morgan fingerprint density at radius 2 is 1.93 bits per heavy atom. The van der Waals surface area contributed by atoms with Crippen molar-refractivity contribution >= 4 is 0 Å². The van der Waals surface area contributed by atoms with E-state index in [0.717, 1.165) is 6.54 Å². The summed E-state index contributed by atoms with van der Waals surface area (Å²) in [6.45, 7) is 0.763. The van der Waals surface area contributed by atoms with Crippen LogP contribution in [0.15, 0.2) is 0 Å². The molecule has 5 nitrogen and oxygen atoms in total. The molecule has 0 aromatic heterocycles. The standard InChI is InChI=1S/C9H17NO4/c11-6-4-14-9(13)7(8(6)12)10-3-5-1-2-5/h5-13H,1-4H2/t6-,7-,8-,9+/m1/s1. The second-order valence-electron chi connectivity index (χ2n) is 4.16. The molecule has 4 N–H and O–H groups in total. The molecule has 0 radical (unpaired) electrons. The van der Waals surface area contributed by atoms with Crippen LogP contribution in [0.25, 0.3) is 0 Å². The number of rotatable bonds is 3. The quantitative estimate of drug-likeness (QED) is 0.445. The van der Waals surface area contributed by atoms with Gasteiger partial charge in [0.05, 0.1) is 12.6 Å². The predicted octanol–water partition coefficient (Wildman–Crippen LogP) is -1.57. The maximum absolute atomic E-state index is 9.59. The Hall–Kier alpha value is -0.200. The average Bonchev–Trinajstić information content (AvgIpc) is 2.95. The number of hydrogen-bond acceptors (Lipinski definition) is 5. The SMILES string of the molecule is O[C@H]1[C@@H](NCC2CC2)[C@@H](O)OC[C@H]1O. The van der Waals surface area contributed by atoms with Crippen LogP contribution < -0.4 is 5.32 Å². The van der Waals surface area contributed by atoms with E-state index in [4.69, 9.17) is 4.74 Å². The molecule has 2 fully saturated rings. The maximum atomic E-state index is 9.59. The summed E-state index contributed by atoms with van der Waals surface area (Å²) in [6, 6.07) is -0.570. The predicted molar refractivity (Wildman–Crippen MR) is 48.5 cm³/mol. The summed E-state index contributed by atoms with van der Waals surface area (Å²) in [5, 5.41) is 31.4. The molecule has 14 heavy (non-hydrogen) atoms. The summed E-state index contributed by atoms with van der Waals surface area (Å²) in [5.74, 6) is 0.661. The van der Waals surface area contributed by atoms with Crippen molar-refractivity contribution in [3.05, 3.63) is 0 Å². The summed E-state index contributed by atoms with van der Waals surface area (Å²) >= 11 is 0. The fourth-order valence-electron chi connectivity index (χ4n) is 1.65. The van der Waals surface area contributed by atoms with Crippen LogP contribution in [-0.4, -0.2) is 53.0 Å². The van der Waals surface area contributed by atoms with E-state index in [9.17, 15) is 15.3 Å². The third-order valence-corrected chi connectivity index (χ3v) is 2.85. The molecule has 2 aliphatic rings. The molecule has 0 amide bonds. The highest BCUT2D eigenvalue weighted by molar-refractivity contribution is 4.89.